The molecule has 2 saturated heterocycles. The molecule has 3 aliphatic heterocycles. The quantitative estimate of drug-likeness (QED) is 0.318. The molecule has 4 N–H and O–H groups in total. The molecule has 0 aliphatic carbocycles. The van der Waals surface area contributed by atoms with Gasteiger partial charge in [0.1, 0.15) is 5.54 Å². The maximum Gasteiger partial charge on any atom is 0.250 e. The SMILES string of the molecule is CCc1ccc2c(c1)[C@@]1(N[C@H](Cc3ccc(O)c(O)c3)[C@H]3C(=O)N(Cc4ccccc4)C(=O)[C@@H]31)C(=O)N2. The van der Waals surface area contributed by atoms with E-state index in [-0.39, 0.29) is 42.2 Å². The standard InChI is InChI=1S/C29H27N3O5/c1-2-16-8-10-20-19(12-16)29(28(37)30-20)25-24(21(31-29)13-18-9-11-22(33)23(34)14-18)26(35)32(27(25)36)15-17-6-4-3-5-7-17/h3-12,14,21,24-25,31,33-34H,2,13,15H2,1H3,(H,30,37)/t21-,24-,25-,29+/m1/s1. The number of rotatable bonds is 5. The fourth-order valence-corrected chi connectivity index (χ4v) is 6.18. The zero-order chi connectivity index (χ0) is 25.9. The summed E-state index contributed by atoms with van der Waals surface area (Å²) in [7, 11) is 0. The molecule has 0 bridgehead atoms. The molecule has 8 heteroatoms. The van der Waals surface area contributed by atoms with Gasteiger partial charge in [-0.25, -0.2) is 0 Å². The first-order valence-corrected chi connectivity index (χ1v) is 12.5. The summed E-state index contributed by atoms with van der Waals surface area (Å²) in [6.45, 7) is 2.16. The molecule has 188 valence electrons. The number of phenolic OH excluding ortho intramolecular Hbond substituents is 2. The van der Waals surface area contributed by atoms with Crippen molar-refractivity contribution in [3.63, 3.8) is 0 Å². The molecule has 3 aliphatic rings. The number of benzene rings is 3. The molecule has 0 aromatic heterocycles. The van der Waals surface area contributed by atoms with Crippen LogP contribution in [0, 0.1) is 11.8 Å². The molecule has 3 amide bonds. The average molecular weight is 498 g/mol. The van der Waals surface area contributed by atoms with Crippen molar-refractivity contribution in [2.75, 3.05) is 5.32 Å². The number of phenols is 2. The molecule has 1 spiro atoms. The largest absolute Gasteiger partial charge is 0.504 e. The second-order valence-electron chi connectivity index (χ2n) is 10.0. The molecule has 6 rings (SSSR count). The lowest BCUT2D eigenvalue weighted by Gasteiger charge is -2.30. The predicted octanol–water partition coefficient (Wildman–Crippen LogP) is 2.82. The Morgan fingerprint density at radius 2 is 1.62 bits per heavy atom. The fraction of sp³-hybridized carbons (Fsp3) is 0.276. The summed E-state index contributed by atoms with van der Waals surface area (Å²) in [5.41, 5.74) is 2.47. The summed E-state index contributed by atoms with van der Waals surface area (Å²) in [6, 6.07) is 19.0. The van der Waals surface area contributed by atoms with Crippen LogP contribution < -0.4 is 10.6 Å². The summed E-state index contributed by atoms with van der Waals surface area (Å²) in [4.78, 5) is 42.8. The van der Waals surface area contributed by atoms with Gasteiger partial charge in [0, 0.05) is 17.3 Å². The molecule has 3 aromatic rings. The van der Waals surface area contributed by atoms with Crippen molar-refractivity contribution in [1.82, 2.24) is 10.2 Å². The first-order valence-electron chi connectivity index (χ1n) is 12.5. The molecule has 3 aromatic carbocycles. The van der Waals surface area contributed by atoms with Crippen molar-refractivity contribution in [3.05, 3.63) is 89.0 Å². The molecule has 4 atom stereocenters. The van der Waals surface area contributed by atoms with E-state index in [9.17, 15) is 24.6 Å². The minimum absolute atomic E-state index is 0.137. The van der Waals surface area contributed by atoms with E-state index in [1.807, 2.05) is 55.5 Å². The molecule has 3 heterocycles. The first kappa shape index (κ1) is 23.2. The Hall–Kier alpha value is -4.17. The smallest absolute Gasteiger partial charge is 0.250 e. The van der Waals surface area contributed by atoms with Gasteiger partial charge in [0.05, 0.1) is 18.4 Å². The Labute approximate surface area is 213 Å². The highest BCUT2D eigenvalue weighted by Crippen LogP contribution is 2.53. The Morgan fingerprint density at radius 1 is 0.865 bits per heavy atom. The third kappa shape index (κ3) is 3.43. The Bertz CT molecular complexity index is 1440. The number of anilines is 1. The Kier molecular flexibility index (Phi) is 5.31. The summed E-state index contributed by atoms with van der Waals surface area (Å²) in [6.07, 6.45) is 1.04. The van der Waals surface area contributed by atoms with Gasteiger partial charge in [-0.1, -0.05) is 55.5 Å². The van der Waals surface area contributed by atoms with Gasteiger partial charge in [0.2, 0.25) is 17.7 Å². The number of hydrogen-bond donors (Lipinski definition) is 4. The molecule has 37 heavy (non-hydrogen) atoms. The number of aryl methyl sites for hydroxylation is 1. The Morgan fingerprint density at radius 3 is 2.35 bits per heavy atom. The number of aromatic hydroxyl groups is 2. The zero-order valence-corrected chi connectivity index (χ0v) is 20.3. The summed E-state index contributed by atoms with van der Waals surface area (Å²) in [5.74, 6) is -3.21. The summed E-state index contributed by atoms with van der Waals surface area (Å²) in [5, 5.41) is 26.1. The van der Waals surface area contributed by atoms with Gasteiger partial charge < -0.3 is 15.5 Å². The number of imide groups is 1. The van der Waals surface area contributed by atoms with Crippen molar-refractivity contribution in [2.24, 2.45) is 11.8 Å². The highest BCUT2D eigenvalue weighted by Gasteiger charge is 2.70. The molecule has 8 nitrogen and oxygen atoms in total. The minimum atomic E-state index is -1.38. The van der Waals surface area contributed by atoms with Crippen molar-refractivity contribution >= 4 is 23.4 Å². The van der Waals surface area contributed by atoms with Crippen LogP contribution >= 0.6 is 0 Å². The molecule has 0 unspecified atom stereocenters. The van der Waals surface area contributed by atoms with Gasteiger partial charge in [-0.3, -0.25) is 24.6 Å². The zero-order valence-electron chi connectivity index (χ0n) is 20.3. The Balaban J connectivity index is 1.46. The van der Waals surface area contributed by atoms with Crippen molar-refractivity contribution in [3.8, 4) is 11.5 Å². The third-order valence-corrected chi connectivity index (χ3v) is 7.96. The van der Waals surface area contributed by atoms with Crippen LogP contribution in [-0.2, 0) is 39.3 Å². The number of nitrogens with one attached hydrogen (secondary N) is 2. The molecular formula is C29H27N3O5. The van der Waals surface area contributed by atoms with Gasteiger partial charge >= 0.3 is 0 Å². The minimum Gasteiger partial charge on any atom is -0.504 e. The van der Waals surface area contributed by atoms with Gasteiger partial charge in [0.15, 0.2) is 11.5 Å². The highest BCUT2D eigenvalue weighted by atomic mass is 16.3. The van der Waals surface area contributed by atoms with E-state index in [0.717, 1.165) is 17.5 Å². The normalized spacial score (nSPS) is 26.0. The number of hydrogen-bond acceptors (Lipinski definition) is 6. The molecular weight excluding hydrogens is 470 g/mol. The van der Waals surface area contributed by atoms with E-state index in [4.69, 9.17) is 0 Å². The monoisotopic (exact) mass is 497 g/mol. The molecule has 0 radical (unpaired) electrons. The summed E-state index contributed by atoms with van der Waals surface area (Å²) < 4.78 is 0. The second-order valence-corrected chi connectivity index (χ2v) is 10.0. The van der Waals surface area contributed by atoms with E-state index >= 15 is 0 Å². The van der Waals surface area contributed by atoms with Gasteiger partial charge in [0.25, 0.3) is 0 Å². The number of carbonyl (C=O) groups is 3. The van der Waals surface area contributed by atoms with Crippen LogP contribution in [0.25, 0.3) is 0 Å². The van der Waals surface area contributed by atoms with Crippen LogP contribution in [0.2, 0.25) is 0 Å². The topological polar surface area (TPSA) is 119 Å². The van der Waals surface area contributed by atoms with Crippen LogP contribution in [0.5, 0.6) is 11.5 Å². The number of amides is 3. The van der Waals surface area contributed by atoms with Gasteiger partial charge in [-0.05, 0) is 47.7 Å². The van der Waals surface area contributed by atoms with Gasteiger partial charge in [-0.2, -0.15) is 0 Å². The average Bonchev–Trinajstić information content (AvgIpc) is 3.47. The second kappa shape index (κ2) is 8.45. The molecule has 0 saturated carbocycles. The maximum atomic E-state index is 14.0. The lowest BCUT2D eigenvalue weighted by atomic mass is 9.76. The maximum absolute atomic E-state index is 14.0. The van der Waals surface area contributed by atoms with Crippen molar-refractivity contribution < 1.29 is 24.6 Å². The number of carbonyl (C=O) groups excluding carboxylic acids is 3. The van der Waals surface area contributed by atoms with Crippen LogP contribution in [-0.4, -0.2) is 38.9 Å². The van der Waals surface area contributed by atoms with E-state index in [2.05, 4.69) is 10.6 Å². The lowest BCUT2D eigenvalue weighted by Crippen LogP contribution is -2.53. The van der Waals surface area contributed by atoms with Crippen molar-refractivity contribution in [1.29, 1.82) is 0 Å². The fourth-order valence-electron chi connectivity index (χ4n) is 6.18. The van der Waals surface area contributed by atoms with Crippen LogP contribution in [0.1, 0.15) is 29.2 Å². The van der Waals surface area contributed by atoms with Crippen molar-refractivity contribution in [2.45, 2.75) is 37.9 Å². The van der Waals surface area contributed by atoms with E-state index in [1.165, 1.54) is 17.0 Å². The van der Waals surface area contributed by atoms with E-state index < -0.39 is 23.4 Å². The first-order chi connectivity index (χ1) is 17.8. The lowest BCUT2D eigenvalue weighted by molar-refractivity contribution is -0.143. The predicted molar refractivity (Wildman–Crippen MR) is 136 cm³/mol. The van der Waals surface area contributed by atoms with Crippen LogP contribution in [0.3, 0.4) is 0 Å². The number of nitrogens with zero attached hydrogens (tertiary/aromatic N) is 1. The van der Waals surface area contributed by atoms with Crippen LogP contribution in [0.15, 0.2) is 66.7 Å². The van der Waals surface area contributed by atoms with E-state index in [0.29, 0.717) is 16.8 Å². The third-order valence-electron chi connectivity index (χ3n) is 7.96. The molecule has 2 fully saturated rings. The van der Waals surface area contributed by atoms with Gasteiger partial charge in [-0.15, -0.1) is 0 Å². The van der Waals surface area contributed by atoms with Crippen LogP contribution in [0.4, 0.5) is 5.69 Å². The number of likely N-dealkylation sites (tertiary alicyclic amines) is 1. The van der Waals surface area contributed by atoms with E-state index in [1.54, 1.807) is 6.07 Å². The number of fused-ring (bicyclic) bond motifs is 4. The highest BCUT2D eigenvalue weighted by molar-refractivity contribution is 6.15. The summed E-state index contributed by atoms with van der Waals surface area (Å²) >= 11 is 0.